The third-order valence-electron chi connectivity index (χ3n) is 4.01. The van der Waals surface area contributed by atoms with Crippen molar-refractivity contribution in [2.45, 2.75) is 46.1 Å². The summed E-state index contributed by atoms with van der Waals surface area (Å²) in [5.74, 6) is -0.861. The van der Waals surface area contributed by atoms with E-state index in [0.29, 0.717) is 0 Å². The van der Waals surface area contributed by atoms with Crippen LogP contribution in [-0.2, 0) is 16.0 Å². The van der Waals surface area contributed by atoms with Crippen LogP contribution in [-0.4, -0.2) is 29.5 Å². The molecule has 6 heteroatoms. The lowest BCUT2D eigenvalue weighted by Gasteiger charge is -2.14. The molecular formula is C19H24N2O3S. The lowest BCUT2D eigenvalue weighted by atomic mass is 10.1. The Morgan fingerprint density at radius 2 is 1.84 bits per heavy atom. The molecule has 0 radical (unpaired) electrons. The van der Waals surface area contributed by atoms with E-state index in [1.807, 2.05) is 26.0 Å². The molecule has 1 aromatic carbocycles. The molecule has 2 rings (SSSR count). The summed E-state index contributed by atoms with van der Waals surface area (Å²) in [4.78, 5) is 28.2. The molecule has 1 heterocycles. The Hall–Kier alpha value is -2.21. The Kier molecular flexibility index (Phi) is 7.13. The Labute approximate surface area is 152 Å². The summed E-state index contributed by atoms with van der Waals surface area (Å²) >= 11 is 1.38. The average molecular weight is 360 g/mol. The van der Waals surface area contributed by atoms with Crippen molar-refractivity contribution < 1.29 is 14.3 Å². The molecule has 0 fully saturated rings. The van der Waals surface area contributed by atoms with Crippen molar-refractivity contribution in [1.29, 1.82) is 0 Å². The van der Waals surface area contributed by atoms with Crippen molar-refractivity contribution in [1.82, 2.24) is 10.3 Å². The maximum atomic E-state index is 12.1. The first-order valence-electron chi connectivity index (χ1n) is 8.58. The molecule has 0 aliphatic rings. The van der Waals surface area contributed by atoms with Crippen LogP contribution < -0.4 is 5.32 Å². The van der Waals surface area contributed by atoms with Crippen LogP contribution in [0.15, 0.2) is 29.6 Å². The lowest BCUT2D eigenvalue weighted by molar-refractivity contribution is -0.125. The molecule has 0 saturated heterocycles. The van der Waals surface area contributed by atoms with E-state index in [1.54, 1.807) is 5.38 Å². The van der Waals surface area contributed by atoms with Crippen LogP contribution in [0.25, 0.3) is 10.6 Å². The van der Waals surface area contributed by atoms with Crippen LogP contribution in [0, 0.1) is 0 Å². The van der Waals surface area contributed by atoms with E-state index in [-0.39, 0.29) is 24.2 Å². The van der Waals surface area contributed by atoms with Crippen molar-refractivity contribution in [3.8, 4) is 10.6 Å². The predicted molar refractivity (Wildman–Crippen MR) is 99.7 cm³/mol. The summed E-state index contributed by atoms with van der Waals surface area (Å²) in [6.45, 7) is 5.83. The van der Waals surface area contributed by atoms with Gasteiger partial charge in [-0.1, -0.05) is 45.0 Å². The minimum Gasteiger partial charge on any atom is -0.451 e. The Morgan fingerprint density at radius 1 is 1.16 bits per heavy atom. The van der Waals surface area contributed by atoms with Gasteiger partial charge in [-0.15, -0.1) is 11.3 Å². The van der Waals surface area contributed by atoms with Gasteiger partial charge in [0.15, 0.2) is 12.3 Å². The maximum Gasteiger partial charge on any atom is 0.358 e. The number of nitrogens with one attached hydrogen (secondary N) is 1. The van der Waals surface area contributed by atoms with Gasteiger partial charge >= 0.3 is 5.97 Å². The van der Waals surface area contributed by atoms with Gasteiger partial charge in [-0.2, -0.15) is 0 Å². The normalized spacial score (nSPS) is 10.7. The second-order valence-corrected chi connectivity index (χ2v) is 6.60. The number of benzene rings is 1. The van der Waals surface area contributed by atoms with Gasteiger partial charge in [0.2, 0.25) is 0 Å². The average Bonchev–Trinajstić information content (AvgIpc) is 3.14. The van der Waals surface area contributed by atoms with Gasteiger partial charge in [0, 0.05) is 17.0 Å². The van der Waals surface area contributed by atoms with Crippen molar-refractivity contribution in [2.75, 3.05) is 6.61 Å². The topological polar surface area (TPSA) is 68.3 Å². The molecule has 1 N–H and O–H groups in total. The summed E-state index contributed by atoms with van der Waals surface area (Å²) in [6, 6.07) is 8.21. The minimum atomic E-state index is -0.577. The largest absolute Gasteiger partial charge is 0.451 e. The Balaban J connectivity index is 1.92. The zero-order valence-electron chi connectivity index (χ0n) is 14.9. The number of hydrogen-bond acceptors (Lipinski definition) is 5. The van der Waals surface area contributed by atoms with Crippen LogP contribution in [0.2, 0.25) is 0 Å². The summed E-state index contributed by atoms with van der Waals surface area (Å²) in [5.41, 5.74) is 2.45. The molecule has 0 aliphatic heterocycles. The maximum absolute atomic E-state index is 12.1. The van der Waals surface area contributed by atoms with Crippen molar-refractivity contribution >= 4 is 23.2 Å². The van der Waals surface area contributed by atoms with Gasteiger partial charge in [-0.3, -0.25) is 4.79 Å². The van der Waals surface area contributed by atoms with E-state index in [1.165, 1.54) is 16.9 Å². The first-order valence-corrected chi connectivity index (χ1v) is 9.46. The predicted octanol–water partition coefficient (Wildman–Crippen LogP) is 3.83. The standard InChI is InChI=1S/C19H24N2O3S/c1-4-13-7-9-14(10-8-13)18-21-16(12-25-18)19(23)24-11-17(22)20-15(5-2)6-3/h7-10,12,15H,4-6,11H2,1-3H3,(H,20,22). The third kappa shape index (κ3) is 5.39. The Morgan fingerprint density at radius 3 is 2.44 bits per heavy atom. The molecule has 0 aliphatic carbocycles. The van der Waals surface area contributed by atoms with Gasteiger partial charge in [0.1, 0.15) is 5.01 Å². The SMILES string of the molecule is CCc1ccc(-c2nc(C(=O)OCC(=O)NC(CC)CC)cs2)cc1. The number of aryl methyl sites for hydroxylation is 1. The molecule has 0 bridgehead atoms. The van der Waals surface area contributed by atoms with E-state index in [0.717, 1.165) is 29.8 Å². The molecule has 0 spiro atoms. The van der Waals surface area contributed by atoms with Gasteiger partial charge in [0.25, 0.3) is 5.91 Å². The summed E-state index contributed by atoms with van der Waals surface area (Å²) in [6.07, 6.45) is 2.68. The number of carbonyl (C=O) groups excluding carboxylic acids is 2. The highest BCUT2D eigenvalue weighted by molar-refractivity contribution is 7.13. The fourth-order valence-electron chi connectivity index (χ4n) is 2.35. The van der Waals surface area contributed by atoms with E-state index in [9.17, 15) is 9.59 Å². The van der Waals surface area contributed by atoms with Crippen LogP contribution >= 0.6 is 11.3 Å². The molecule has 0 atom stereocenters. The Bertz CT molecular complexity index is 706. The highest BCUT2D eigenvalue weighted by Gasteiger charge is 2.16. The van der Waals surface area contributed by atoms with Gasteiger partial charge in [-0.05, 0) is 24.8 Å². The number of amides is 1. The molecule has 5 nitrogen and oxygen atoms in total. The highest BCUT2D eigenvalue weighted by Crippen LogP contribution is 2.24. The minimum absolute atomic E-state index is 0.114. The number of hydrogen-bond donors (Lipinski definition) is 1. The number of rotatable bonds is 8. The van der Waals surface area contributed by atoms with Crippen LogP contribution in [0.4, 0.5) is 0 Å². The zero-order chi connectivity index (χ0) is 18.2. The van der Waals surface area contributed by atoms with Gasteiger partial charge < -0.3 is 10.1 Å². The van der Waals surface area contributed by atoms with Gasteiger partial charge in [0.05, 0.1) is 0 Å². The molecular weight excluding hydrogens is 336 g/mol. The smallest absolute Gasteiger partial charge is 0.358 e. The molecule has 1 aromatic heterocycles. The monoisotopic (exact) mass is 360 g/mol. The first-order chi connectivity index (χ1) is 12.1. The summed E-state index contributed by atoms with van der Waals surface area (Å²) in [5, 5.41) is 5.25. The molecule has 134 valence electrons. The summed E-state index contributed by atoms with van der Waals surface area (Å²) < 4.78 is 5.06. The first kappa shape index (κ1) is 19.1. The third-order valence-corrected chi connectivity index (χ3v) is 4.90. The number of esters is 1. The van der Waals surface area contributed by atoms with E-state index in [4.69, 9.17) is 4.74 Å². The quantitative estimate of drug-likeness (QED) is 0.726. The zero-order valence-corrected chi connectivity index (χ0v) is 15.7. The van der Waals surface area contributed by atoms with Crippen LogP contribution in [0.1, 0.15) is 49.7 Å². The van der Waals surface area contributed by atoms with Crippen LogP contribution in [0.3, 0.4) is 0 Å². The number of thiazole rings is 1. The molecule has 2 aromatic rings. The van der Waals surface area contributed by atoms with E-state index < -0.39 is 5.97 Å². The number of aromatic nitrogens is 1. The molecule has 25 heavy (non-hydrogen) atoms. The van der Waals surface area contributed by atoms with Gasteiger partial charge in [-0.25, -0.2) is 9.78 Å². The fraction of sp³-hybridized carbons (Fsp3) is 0.421. The van der Waals surface area contributed by atoms with Crippen LogP contribution in [0.5, 0.6) is 0 Å². The van der Waals surface area contributed by atoms with E-state index in [2.05, 4.69) is 29.4 Å². The highest BCUT2D eigenvalue weighted by atomic mass is 32.1. The lowest BCUT2D eigenvalue weighted by Crippen LogP contribution is -2.36. The fourth-order valence-corrected chi connectivity index (χ4v) is 3.15. The van der Waals surface area contributed by atoms with Crippen molar-refractivity contribution in [3.63, 3.8) is 0 Å². The molecule has 1 amide bonds. The number of carbonyl (C=O) groups is 2. The van der Waals surface area contributed by atoms with Crippen molar-refractivity contribution in [3.05, 3.63) is 40.9 Å². The number of ether oxygens (including phenoxy) is 1. The second-order valence-electron chi connectivity index (χ2n) is 5.75. The molecule has 0 unspecified atom stereocenters. The summed E-state index contributed by atoms with van der Waals surface area (Å²) in [7, 11) is 0. The second kappa shape index (κ2) is 9.32. The molecule has 0 saturated carbocycles. The van der Waals surface area contributed by atoms with E-state index >= 15 is 0 Å². The van der Waals surface area contributed by atoms with Crippen molar-refractivity contribution in [2.24, 2.45) is 0 Å². The number of nitrogens with zero attached hydrogens (tertiary/aromatic N) is 1.